The van der Waals surface area contributed by atoms with E-state index in [1.807, 2.05) is 13.8 Å². The molecule has 0 amide bonds. The van der Waals surface area contributed by atoms with Crippen LogP contribution in [0.25, 0.3) is 22.4 Å². The predicted molar refractivity (Wildman–Crippen MR) is 135 cm³/mol. The molecule has 0 saturated carbocycles. The van der Waals surface area contributed by atoms with Crippen LogP contribution in [0, 0.1) is 5.92 Å². The van der Waals surface area contributed by atoms with Crippen molar-refractivity contribution in [2.75, 3.05) is 11.9 Å². The van der Waals surface area contributed by atoms with Gasteiger partial charge in [0.1, 0.15) is 17.1 Å². The number of ether oxygens (including phenoxy) is 1. The molecule has 4 aromatic heterocycles. The highest BCUT2D eigenvalue weighted by molar-refractivity contribution is 5.92. The minimum absolute atomic E-state index is 0.0567. The normalized spacial score (nSPS) is 12.4. The topological polar surface area (TPSA) is 93.0 Å². The van der Waals surface area contributed by atoms with Gasteiger partial charge in [-0.2, -0.15) is 13.2 Å². The molecule has 0 radical (unpaired) electrons. The van der Waals surface area contributed by atoms with Gasteiger partial charge in [-0.1, -0.05) is 19.9 Å². The summed E-state index contributed by atoms with van der Waals surface area (Å²) in [6, 6.07) is 12.4. The lowest BCUT2D eigenvalue weighted by atomic mass is 10.1. The van der Waals surface area contributed by atoms with Gasteiger partial charge < -0.3 is 15.2 Å². The molecule has 194 valence electrons. The van der Waals surface area contributed by atoms with Gasteiger partial charge in [-0.15, -0.1) is 0 Å². The molecule has 0 saturated heterocycles. The zero-order chi connectivity index (χ0) is 26.8. The zero-order valence-electron chi connectivity index (χ0n) is 21.0. The lowest BCUT2D eigenvalue weighted by Crippen LogP contribution is -2.17. The van der Waals surface area contributed by atoms with Crippen molar-refractivity contribution in [1.29, 1.82) is 0 Å². The standard InChI is InChI=1S/C27H28F3N5O2/c1-16(2)14-37-15-17-13-21(33-23-9-5-8-22(35-23)26(3,4)36)18-10-11-20(34-25(18)32-17)24-19(27(28,29)30)7-6-12-31-24/h5-13,16,36H,14-15H2,1-4H3,(H,32,33,34,35). The fraction of sp³-hybridized carbons (Fsp3) is 0.333. The van der Waals surface area contributed by atoms with Crippen LogP contribution in [0.4, 0.5) is 24.7 Å². The van der Waals surface area contributed by atoms with Gasteiger partial charge in [0.2, 0.25) is 0 Å². The monoisotopic (exact) mass is 511 g/mol. The smallest absolute Gasteiger partial charge is 0.384 e. The summed E-state index contributed by atoms with van der Waals surface area (Å²) in [4.78, 5) is 17.5. The third kappa shape index (κ3) is 6.39. The highest BCUT2D eigenvalue weighted by atomic mass is 19.4. The number of aromatic nitrogens is 4. The van der Waals surface area contributed by atoms with Gasteiger partial charge in [-0.25, -0.2) is 15.0 Å². The quantitative estimate of drug-likeness (QED) is 0.289. The van der Waals surface area contributed by atoms with Crippen LogP contribution in [0.2, 0.25) is 0 Å². The number of nitrogens with zero attached hydrogens (tertiary/aromatic N) is 4. The predicted octanol–water partition coefficient (Wildman–Crippen LogP) is 6.25. The van der Waals surface area contributed by atoms with Crippen LogP contribution in [0.15, 0.2) is 54.7 Å². The molecule has 0 bridgehead atoms. The van der Waals surface area contributed by atoms with E-state index >= 15 is 0 Å². The number of fused-ring (bicyclic) bond motifs is 1. The summed E-state index contributed by atoms with van der Waals surface area (Å²) >= 11 is 0. The van der Waals surface area contributed by atoms with Gasteiger partial charge in [0.15, 0.2) is 5.65 Å². The second-order valence-electron chi connectivity index (χ2n) is 9.63. The number of nitrogens with one attached hydrogen (secondary N) is 1. The number of anilines is 2. The Bertz CT molecular complexity index is 1400. The molecular weight excluding hydrogens is 483 g/mol. The molecule has 0 aromatic carbocycles. The van der Waals surface area contributed by atoms with E-state index in [4.69, 9.17) is 4.74 Å². The lowest BCUT2D eigenvalue weighted by molar-refractivity contribution is -0.137. The molecule has 10 heteroatoms. The maximum atomic E-state index is 13.6. The van der Waals surface area contributed by atoms with Crippen LogP contribution in [0.1, 0.15) is 44.6 Å². The molecule has 0 spiro atoms. The largest absolute Gasteiger partial charge is 0.418 e. The number of pyridine rings is 4. The summed E-state index contributed by atoms with van der Waals surface area (Å²) in [6.07, 6.45) is -3.28. The van der Waals surface area contributed by atoms with Crippen molar-refractivity contribution in [3.05, 3.63) is 71.7 Å². The lowest BCUT2D eigenvalue weighted by Gasteiger charge is -2.18. The minimum Gasteiger partial charge on any atom is -0.384 e. The summed E-state index contributed by atoms with van der Waals surface area (Å²) in [5, 5.41) is 14.2. The molecule has 0 unspecified atom stereocenters. The fourth-order valence-corrected chi connectivity index (χ4v) is 3.69. The van der Waals surface area contributed by atoms with Crippen LogP contribution in [-0.2, 0) is 23.1 Å². The Balaban J connectivity index is 1.80. The molecule has 4 rings (SSSR count). The number of alkyl halides is 3. The Morgan fingerprint density at radius 3 is 2.49 bits per heavy atom. The molecule has 4 aromatic rings. The molecule has 7 nitrogen and oxygen atoms in total. The number of hydrogen-bond acceptors (Lipinski definition) is 7. The van der Waals surface area contributed by atoms with E-state index in [0.29, 0.717) is 40.8 Å². The number of hydrogen-bond donors (Lipinski definition) is 2. The Hall–Kier alpha value is -3.63. The van der Waals surface area contributed by atoms with E-state index in [2.05, 4.69) is 25.3 Å². The Morgan fingerprint density at radius 2 is 1.78 bits per heavy atom. The summed E-state index contributed by atoms with van der Waals surface area (Å²) in [5.74, 6) is 0.802. The second-order valence-corrected chi connectivity index (χ2v) is 9.63. The van der Waals surface area contributed by atoms with Gasteiger partial charge >= 0.3 is 6.18 Å². The van der Waals surface area contributed by atoms with Crippen molar-refractivity contribution in [2.24, 2.45) is 5.92 Å². The molecule has 0 aliphatic carbocycles. The summed E-state index contributed by atoms with van der Waals surface area (Å²) in [7, 11) is 0. The highest BCUT2D eigenvalue weighted by Gasteiger charge is 2.34. The van der Waals surface area contributed by atoms with E-state index < -0.39 is 17.3 Å². The zero-order valence-corrected chi connectivity index (χ0v) is 21.0. The molecule has 4 heterocycles. The van der Waals surface area contributed by atoms with Crippen LogP contribution >= 0.6 is 0 Å². The minimum atomic E-state index is -4.58. The summed E-state index contributed by atoms with van der Waals surface area (Å²) in [6.45, 7) is 8.06. The third-order valence-corrected chi connectivity index (χ3v) is 5.42. The Kier molecular flexibility index (Phi) is 7.42. The van der Waals surface area contributed by atoms with Crippen molar-refractivity contribution >= 4 is 22.5 Å². The van der Waals surface area contributed by atoms with Gasteiger partial charge in [0.05, 0.1) is 34.9 Å². The van der Waals surface area contributed by atoms with Gasteiger partial charge in [-0.05, 0) is 62.2 Å². The van der Waals surface area contributed by atoms with Gasteiger partial charge in [0, 0.05) is 18.2 Å². The van der Waals surface area contributed by atoms with E-state index in [0.717, 1.165) is 6.07 Å². The summed E-state index contributed by atoms with van der Waals surface area (Å²) in [5.41, 5.74) is -0.349. The Labute approximate surface area is 212 Å². The molecule has 0 aliphatic rings. The summed E-state index contributed by atoms with van der Waals surface area (Å²) < 4.78 is 46.6. The number of halogens is 3. The first-order valence-electron chi connectivity index (χ1n) is 11.8. The maximum Gasteiger partial charge on any atom is 0.418 e. The van der Waals surface area contributed by atoms with Crippen LogP contribution < -0.4 is 5.32 Å². The molecule has 2 N–H and O–H groups in total. The third-order valence-electron chi connectivity index (χ3n) is 5.42. The van der Waals surface area contributed by atoms with E-state index in [1.165, 1.54) is 18.3 Å². The van der Waals surface area contributed by atoms with Crippen molar-refractivity contribution < 1.29 is 23.0 Å². The van der Waals surface area contributed by atoms with E-state index in [-0.39, 0.29) is 23.6 Å². The highest BCUT2D eigenvalue weighted by Crippen LogP contribution is 2.36. The van der Waals surface area contributed by atoms with E-state index in [1.54, 1.807) is 44.2 Å². The Morgan fingerprint density at radius 1 is 1.00 bits per heavy atom. The van der Waals surface area contributed by atoms with Gasteiger partial charge in [0.25, 0.3) is 0 Å². The fourth-order valence-electron chi connectivity index (χ4n) is 3.69. The van der Waals surface area contributed by atoms with Crippen molar-refractivity contribution in [3.8, 4) is 11.4 Å². The average molecular weight is 512 g/mol. The molecule has 37 heavy (non-hydrogen) atoms. The first-order valence-corrected chi connectivity index (χ1v) is 11.8. The molecule has 0 atom stereocenters. The first kappa shape index (κ1) is 26.4. The molecule has 0 fully saturated rings. The number of aliphatic hydroxyl groups is 1. The first-order chi connectivity index (χ1) is 17.4. The average Bonchev–Trinajstić information content (AvgIpc) is 2.82. The number of rotatable bonds is 8. The molecule has 0 aliphatic heterocycles. The molecular formula is C27H28F3N5O2. The SMILES string of the molecule is CC(C)COCc1cc(Nc2cccc(C(C)(C)O)n2)c2ccc(-c3ncccc3C(F)(F)F)nc2n1. The van der Waals surface area contributed by atoms with Gasteiger partial charge in [-0.3, -0.25) is 4.98 Å². The second kappa shape index (κ2) is 10.4. The van der Waals surface area contributed by atoms with Crippen molar-refractivity contribution in [3.63, 3.8) is 0 Å². The van der Waals surface area contributed by atoms with Crippen LogP contribution in [0.5, 0.6) is 0 Å². The van der Waals surface area contributed by atoms with Crippen LogP contribution in [0.3, 0.4) is 0 Å². The van der Waals surface area contributed by atoms with Crippen molar-refractivity contribution in [2.45, 2.75) is 46.1 Å². The van der Waals surface area contributed by atoms with Crippen molar-refractivity contribution in [1.82, 2.24) is 19.9 Å². The van der Waals surface area contributed by atoms with Crippen LogP contribution in [-0.4, -0.2) is 31.6 Å². The van der Waals surface area contributed by atoms with E-state index in [9.17, 15) is 18.3 Å². The maximum absolute atomic E-state index is 13.6.